The lowest BCUT2D eigenvalue weighted by molar-refractivity contribution is -0.152. The first-order valence-electron chi connectivity index (χ1n) is 9.92. The summed E-state index contributed by atoms with van der Waals surface area (Å²) in [7, 11) is 0. The minimum atomic E-state index is -1.16. The van der Waals surface area contributed by atoms with Crippen LogP contribution in [0.25, 0.3) is 11.1 Å². The fraction of sp³-hybridized carbons (Fsp3) is 0.318. The van der Waals surface area contributed by atoms with E-state index in [1.807, 2.05) is 0 Å². The Morgan fingerprint density at radius 1 is 1.16 bits per heavy atom. The van der Waals surface area contributed by atoms with E-state index in [2.05, 4.69) is 5.32 Å². The molecule has 0 bridgehead atoms. The zero-order valence-corrected chi connectivity index (χ0v) is 17.6. The van der Waals surface area contributed by atoms with Crippen molar-refractivity contribution in [3.8, 4) is 11.1 Å². The van der Waals surface area contributed by atoms with Gasteiger partial charge >= 0.3 is 5.97 Å². The van der Waals surface area contributed by atoms with Crippen LogP contribution in [0.5, 0.6) is 0 Å². The molecule has 2 aliphatic heterocycles. The molecule has 2 fully saturated rings. The lowest BCUT2D eigenvalue weighted by Crippen LogP contribution is -2.46. The Balaban J connectivity index is 1.39. The standard InChI is InChI=1S/C22H20ClFN2O6/c23-15-5-6-16(17(24)9-15)13-1-3-14(4-2-13)20(28)25-11-19(27)26-12-22(31-7-8-32-22)10-18(26)21(29)30/h1-6,9,18H,7-8,10-12H2,(H,25,28)(H,29,30). The second-order valence-corrected chi connectivity index (χ2v) is 8.01. The number of rotatable bonds is 5. The number of amides is 2. The van der Waals surface area contributed by atoms with E-state index >= 15 is 0 Å². The zero-order valence-electron chi connectivity index (χ0n) is 16.8. The predicted molar refractivity (Wildman–Crippen MR) is 112 cm³/mol. The number of halogens is 2. The Morgan fingerprint density at radius 3 is 2.47 bits per heavy atom. The van der Waals surface area contributed by atoms with Gasteiger partial charge in [-0.15, -0.1) is 0 Å². The second-order valence-electron chi connectivity index (χ2n) is 7.57. The summed E-state index contributed by atoms with van der Waals surface area (Å²) in [6.07, 6.45) is 0.0325. The summed E-state index contributed by atoms with van der Waals surface area (Å²) in [4.78, 5) is 37.8. The van der Waals surface area contributed by atoms with Crippen molar-refractivity contribution < 1.29 is 33.4 Å². The molecular weight excluding hydrogens is 443 g/mol. The SMILES string of the molecule is O=C(NCC(=O)N1CC2(CC1C(=O)O)OCCO2)c1ccc(-c2ccc(Cl)cc2F)cc1. The normalized spacial score (nSPS) is 19.3. The largest absolute Gasteiger partial charge is 0.480 e. The number of carboxylic acid groups (broad SMARTS) is 1. The first-order chi connectivity index (χ1) is 15.3. The van der Waals surface area contributed by atoms with Gasteiger partial charge in [0.1, 0.15) is 11.9 Å². The van der Waals surface area contributed by atoms with Gasteiger partial charge in [-0.25, -0.2) is 9.18 Å². The summed E-state index contributed by atoms with van der Waals surface area (Å²) < 4.78 is 25.1. The third kappa shape index (κ3) is 4.45. The van der Waals surface area contributed by atoms with Crippen LogP contribution in [0.4, 0.5) is 4.39 Å². The average molecular weight is 463 g/mol. The molecule has 2 aromatic carbocycles. The molecule has 168 valence electrons. The quantitative estimate of drug-likeness (QED) is 0.706. The number of carbonyl (C=O) groups is 3. The smallest absolute Gasteiger partial charge is 0.326 e. The molecule has 2 heterocycles. The van der Waals surface area contributed by atoms with Crippen LogP contribution in [0.3, 0.4) is 0 Å². The number of aliphatic carboxylic acids is 1. The highest BCUT2D eigenvalue weighted by Crippen LogP contribution is 2.34. The number of hydrogen-bond acceptors (Lipinski definition) is 5. The minimum Gasteiger partial charge on any atom is -0.480 e. The Morgan fingerprint density at radius 2 is 1.84 bits per heavy atom. The summed E-state index contributed by atoms with van der Waals surface area (Å²) in [5.74, 6) is -3.81. The van der Waals surface area contributed by atoms with E-state index in [9.17, 15) is 23.9 Å². The van der Waals surface area contributed by atoms with E-state index in [4.69, 9.17) is 21.1 Å². The number of ether oxygens (including phenoxy) is 2. The van der Waals surface area contributed by atoms with Crippen molar-refractivity contribution in [1.82, 2.24) is 10.2 Å². The second kappa shape index (κ2) is 8.85. The maximum absolute atomic E-state index is 14.1. The molecule has 2 aliphatic rings. The van der Waals surface area contributed by atoms with Gasteiger partial charge < -0.3 is 24.8 Å². The van der Waals surface area contributed by atoms with Crippen molar-refractivity contribution in [3.63, 3.8) is 0 Å². The maximum atomic E-state index is 14.1. The molecule has 0 radical (unpaired) electrons. The maximum Gasteiger partial charge on any atom is 0.326 e. The van der Waals surface area contributed by atoms with E-state index in [0.29, 0.717) is 24.3 Å². The topological polar surface area (TPSA) is 105 Å². The van der Waals surface area contributed by atoms with Gasteiger partial charge in [0.25, 0.3) is 5.91 Å². The van der Waals surface area contributed by atoms with Crippen molar-refractivity contribution in [1.29, 1.82) is 0 Å². The first kappa shape index (κ1) is 22.2. The van der Waals surface area contributed by atoms with Crippen molar-refractivity contribution in [3.05, 3.63) is 58.9 Å². The number of likely N-dealkylation sites (tertiary alicyclic amines) is 1. The number of benzene rings is 2. The average Bonchev–Trinajstić information content (AvgIpc) is 3.39. The summed E-state index contributed by atoms with van der Waals surface area (Å²) in [6.45, 7) is 0.272. The van der Waals surface area contributed by atoms with E-state index in [0.717, 1.165) is 4.90 Å². The lowest BCUT2D eigenvalue weighted by Gasteiger charge is -2.23. The van der Waals surface area contributed by atoms with Crippen molar-refractivity contribution in [2.45, 2.75) is 18.2 Å². The van der Waals surface area contributed by atoms with E-state index in [1.54, 1.807) is 24.3 Å². The minimum absolute atomic E-state index is 0.0139. The highest BCUT2D eigenvalue weighted by atomic mass is 35.5. The molecule has 4 rings (SSSR count). The summed E-state index contributed by atoms with van der Waals surface area (Å²) in [5, 5.41) is 12.2. The highest BCUT2D eigenvalue weighted by molar-refractivity contribution is 6.30. The fourth-order valence-electron chi connectivity index (χ4n) is 3.91. The molecule has 1 atom stereocenters. The Kier molecular flexibility index (Phi) is 6.14. The molecule has 2 saturated heterocycles. The molecule has 0 saturated carbocycles. The van der Waals surface area contributed by atoms with E-state index in [-0.39, 0.29) is 30.1 Å². The predicted octanol–water partition coefficient (Wildman–Crippen LogP) is 2.30. The van der Waals surface area contributed by atoms with Gasteiger partial charge in [-0.3, -0.25) is 9.59 Å². The van der Waals surface area contributed by atoms with Gasteiger partial charge in [0.2, 0.25) is 5.91 Å². The highest BCUT2D eigenvalue weighted by Gasteiger charge is 2.52. The van der Waals surface area contributed by atoms with Crippen LogP contribution in [-0.2, 0) is 19.1 Å². The van der Waals surface area contributed by atoms with Crippen molar-refractivity contribution in [2.75, 3.05) is 26.3 Å². The van der Waals surface area contributed by atoms with Crippen LogP contribution >= 0.6 is 11.6 Å². The Hall–Kier alpha value is -3.01. The number of hydrogen-bond donors (Lipinski definition) is 2. The van der Waals surface area contributed by atoms with E-state index < -0.39 is 35.4 Å². The first-order valence-corrected chi connectivity index (χ1v) is 10.3. The molecule has 2 aromatic rings. The van der Waals surface area contributed by atoms with Gasteiger partial charge in [-0.1, -0.05) is 23.7 Å². The van der Waals surface area contributed by atoms with Crippen LogP contribution in [0.15, 0.2) is 42.5 Å². The lowest BCUT2D eigenvalue weighted by atomic mass is 10.0. The van der Waals surface area contributed by atoms with Crippen LogP contribution < -0.4 is 5.32 Å². The fourth-order valence-corrected chi connectivity index (χ4v) is 4.07. The molecule has 8 nitrogen and oxygen atoms in total. The van der Waals surface area contributed by atoms with E-state index in [1.165, 1.54) is 18.2 Å². The van der Waals surface area contributed by atoms with Gasteiger partial charge in [0.15, 0.2) is 5.79 Å². The third-order valence-electron chi connectivity index (χ3n) is 5.50. The van der Waals surface area contributed by atoms with Crippen LogP contribution in [0, 0.1) is 5.82 Å². The number of nitrogens with one attached hydrogen (secondary N) is 1. The summed E-state index contributed by atoms with van der Waals surface area (Å²) in [5.41, 5.74) is 1.18. The summed E-state index contributed by atoms with van der Waals surface area (Å²) in [6, 6.07) is 9.42. The Bertz CT molecular complexity index is 1050. The number of carboxylic acids is 1. The van der Waals surface area contributed by atoms with Crippen LogP contribution in [-0.4, -0.2) is 65.9 Å². The van der Waals surface area contributed by atoms with Gasteiger partial charge in [0.05, 0.1) is 26.3 Å². The van der Waals surface area contributed by atoms with Crippen molar-refractivity contribution >= 4 is 29.4 Å². The number of carbonyl (C=O) groups excluding carboxylic acids is 2. The monoisotopic (exact) mass is 462 g/mol. The van der Waals surface area contributed by atoms with Crippen LogP contribution in [0.1, 0.15) is 16.8 Å². The molecule has 1 unspecified atom stereocenters. The molecule has 1 spiro atoms. The summed E-state index contributed by atoms with van der Waals surface area (Å²) >= 11 is 5.77. The van der Waals surface area contributed by atoms with Gasteiger partial charge in [-0.2, -0.15) is 0 Å². The molecule has 10 heteroatoms. The molecule has 0 aromatic heterocycles. The molecular formula is C22H20ClFN2O6. The number of nitrogens with zero attached hydrogens (tertiary/aromatic N) is 1. The molecule has 2 amide bonds. The molecule has 32 heavy (non-hydrogen) atoms. The molecule has 2 N–H and O–H groups in total. The van der Waals surface area contributed by atoms with Crippen molar-refractivity contribution in [2.24, 2.45) is 0 Å². The zero-order chi connectivity index (χ0) is 22.9. The van der Waals surface area contributed by atoms with Gasteiger partial charge in [0, 0.05) is 22.6 Å². The third-order valence-corrected chi connectivity index (χ3v) is 5.74. The molecule has 0 aliphatic carbocycles. The van der Waals surface area contributed by atoms with Gasteiger partial charge in [-0.05, 0) is 35.9 Å². The van der Waals surface area contributed by atoms with Crippen LogP contribution in [0.2, 0.25) is 5.02 Å². The Labute approximate surface area is 187 Å².